The second kappa shape index (κ2) is 12.3. The highest BCUT2D eigenvalue weighted by Crippen LogP contribution is 2.03. The van der Waals surface area contributed by atoms with Crippen LogP contribution in [0.3, 0.4) is 0 Å². The van der Waals surface area contributed by atoms with Gasteiger partial charge in [-0.25, -0.2) is 9.78 Å². The van der Waals surface area contributed by atoms with Crippen molar-refractivity contribution in [3.8, 4) is 0 Å². The Kier molecular flexibility index (Phi) is 9.51. The number of aromatic nitrogens is 2. The summed E-state index contributed by atoms with van der Waals surface area (Å²) < 4.78 is 0. The van der Waals surface area contributed by atoms with Gasteiger partial charge in [0, 0.05) is 18.3 Å². The van der Waals surface area contributed by atoms with Gasteiger partial charge in [-0.1, -0.05) is 30.3 Å². The second-order valence-electron chi connectivity index (χ2n) is 7.48. The molecule has 33 heavy (non-hydrogen) atoms. The van der Waals surface area contributed by atoms with E-state index in [2.05, 4.69) is 25.9 Å². The van der Waals surface area contributed by atoms with Crippen LogP contribution in [-0.2, 0) is 32.0 Å². The Morgan fingerprint density at radius 1 is 1.09 bits per heavy atom. The van der Waals surface area contributed by atoms with E-state index < -0.39 is 54.5 Å². The van der Waals surface area contributed by atoms with Crippen LogP contribution in [0.5, 0.6) is 0 Å². The molecule has 4 atom stereocenters. The highest BCUT2D eigenvalue weighted by molar-refractivity contribution is 5.92. The van der Waals surface area contributed by atoms with Gasteiger partial charge in [-0.2, -0.15) is 0 Å². The zero-order valence-electron chi connectivity index (χ0n) is 18.0. The first-order valence-electron chi connectivity index (χ1n) is 10.2. The average molecular weight is 460 g/mol. The van der Waals surface area contributed by atoms with Crippen molar-refractivity contribution in [1.82, 2.24) is 25.9 Å². The van der Waals surface area contributed by atoms with Crippen molar-refractivity contribution in [3.63, 3.8) is 0 Å². The molecular weight excluding hydrogens is 432 g/mol. The van der Waals surface area contributed by atoms with Crippen LogP contribution < -0.4 is 21.7 Å². The lowest BCUT2D eigenvalue weighted by Crippen LogP contribution is -2.56. The summed E-state index contributed by atoms with van der Waals surface area (Å²) in [6.07, 6.45) is 1.73. The van der Waals surface area contributed by atoms with Crippen molar-refractivity contribution < 1.29 is 29.4 Å². The number of rotatable bonds is 12. The maximum atomic E-state index is 12.6. The number of carboxylic acids is 1. The van der Waals surface area contributed by atoms with E-state index in [4.69, 9.17) is 5.73 Å². The van der Waals surface area contributed by atoms with Gasteiger partial charge in [0.25, 0.3) is 0 Å². The number of H-pyrrole nitrogens is 1. The minimum Gasteiger partial charge on any atom is -0.480 e. The molecular formula is C21H28N6O6. The third-order valence-corrected chi connectivity index (χ3v) is 4.74. The quantitative estimate of drug-likeness (QED) is 0.190. The van der Waals surface area contributed by atoms with Gasteiger partial charge in [0.1, 0.15) is 6.04 Å². The van der Waals surface area contributed by atoms with Crippen LogP contribution in [0.4, 0.5) is 0 Å². The third kappa shape index (κ3) is 8.35. The van der Waals surface area contributed by atoms with Crippen LogP contribution in [0.1, 0.15) is 18.2 Å². The topological polar surface area (TPSA) is 200 Å². The Morgan fingerprint density at radius 2 is 1.79 bits per heavy atom. The third-order valence-electron chi connectivity index (χ3n) is 4.74. The monoisotopic (exact) mass is 460 g/mol. The van der Waals surface area contributed by atoms with Crippen LogP contribution in [-0.4, -0.2) is 74.6 Å². The molecule has 8 N–H and O–H groups in total. The molecule has 0 radical (unpaired) electrons. The summed E-state index contributed by atoms with van der Waals surface area (Å²) in [6, 6.07) is 5.53. The maximum absolute atomic E-state index is 12.6. The van der Waals surface area contributed by atoms with Gasteiger partial charge in [0.05, 0.1) is 25.0 Å². The van der Waals surface area contributed by atoms with Crippen molar-refractivity contribution in [1.29, 1.82) is 0 Å². The Labute approximate surface area is 190 Å². The summed E-state index contributed by atoms with van der Waals surface area (Å²) in [6.45, 7) is 0.780. The molecule has 1 heterocycles. The van der Waals surface area contributed by atoms with Gasteiger partial charge >= 0.3 is 5.97 Å². The number of aliphatic carboxylic acids is 1. The number of aliphatic hydroxyl groups excluding tert-OH is 1. The molecule has 0 spiro atoms. The predicted octanol–water partition coefficient (Wildman–Crippen LogP) is -1.93. The van der Waals surface area contributed by atoms with E-state index >= 15 is 0 Å². The summed E-state index contributed by atoms with van der Waals surface area (Å²) >= 11 is 0. The minimum atomic E-state index is -1.56. The molecule has 12 nitrogen and oxygen atoms in total. The van der Waals surface area contributed by atoms with Crippen molar-refractivity contribution in [2.75, 3.05) is 6.54 Å². The van der Waals surface area contributed by atoms with Crippen LogP contribution in [0.2, 0.25) is 0 Å². The Hall–Kier alpha value is -3.77. The number of imidazole rings is 1. The Balaban J connectivity index is 1.95. The van der Waals surface area contributed by atoms with Gasteiger partial charge in [-0.05, 0) is 18.9 Å². The number of carbonyl (C=O) groups is 4. The Morgan fingerprint density at radius 3 is 2.36 bits per heavy atom. The van der Waals surface area contributed by atoms with E-state index in [9.17, 15) is 29.4 Å². The molecule has 4 unspecified atom stereocenters. The zero-order valence-corrected chi connectivity index (χ0v) is 18.0. The fourth-order valence-electron chi connectivity index (χ4n) is 2.97. The molecule has 12 heteroatoms. The molecule has 3 amide bonds. The molecule has 0 fully saturated rings. The molecule has 0 aliphatic rings. The average Bonchev–Trinajstić information content (AvgIpc) is 3.28. The summed E-state index contributed by atoms with van der Waals surface area (Å²) in [4.78, 5) is 55.1. The molecule has 1 aromatic heterocycles. The predicted molar refractivity (Wildman–Crippen MR) is 117 cm³/mol. The molecule has 2 rings (SSSR count). The molecule has 178 valence electrons. The minimum absolute atomic E-state index is 0.0226. The van der Waals surface area contributed by atoms with E-state index in [-0.39, 0.29) is 12.8 Å². The van der Waals surface area contributed by atoms with Crippen molar-refractivity contribution >= 4 is 23.7 Å². The summed E-state index contributed by atoms with van der Waals surface area (Å²) in [5, 5.41) is 25.8. The standard InChI is InChI=1S/C21H28N6O6/c1-12(28)18(21(32)33)27-20(31)16(8-14-9-23-11-25-14)26-17(29)10-24-19(30)15(22)7-13-5-3-2-4-6-13/h2-6,9,11-12,15-16,18,28H,7-8,10,22H2,1H3,(H,23,25)(H,24,30)(H,26,29)(H,27,31)(H,32,33). The number of carboxylic acid groups (broad SMARTS) is 1. The van der Waals surface area contributed by atoms with Gasteiger partial charge in [0.15, 0.2) is 6.04 Å². The molecule has 0 aliphatic carbocycles. The number of nitrogens with zero attached hydrogens (tertiary/aromatic N) is 1. The number of carbonyl (C=O) groups excluding carboxylic acids is 3. The molecule has 0 aliphatic heterocycles. The lowest BCUT2D eigenvalue weighted by atomic mass is 10.1. The highest BCUT2D eigenvalue weighted by Gasteiger charge is 2.30. The van der Waals surface area contributed by atoms with Gasteiger partial charge in [-0.15, -0.1) is 0 Å². The molecule has 0 saturated heterocycles. The number of nitrogens with two attached hydrogens (primary N) is 1. The number of hydrogen-bond donors (Lipinski definition) is 7. The number of aromatic amines is 1. The molecule has 2 aromatic rings. The first-order chi connectivity index (χ1) is 15.7. The fourth-order valence-corrected chi connectivity index (χ4v) is 2.97. The van der Waals surface area contributed by atoms with Crippen molar-refractivity contribution in [2.45, 2.75) is 44.0 Å². The van der Waals surface area contributed by atoms with Crippen molar-refractivity contribution in [3.05, 3.63) is 54.1 Å². The van der Waals surface area contributed by atoms with Gasteiger partial charge < -0.3 is 36.9 Å². The SMILES string of the molecule is CC(O)C(NC(=O)C(Cc1cnc[nH]1)NC(=O)CNC(=O)C(N)Cc1ccccc1)C(=O)O. The van der Waals surface area contributed by atoms with Crippen LogP contribution in [0.25, 0.3) is 0 Å². The van der Waals surface area contributed by atoms with E-state index in [0.29, 0.717) is 5.69 Å². The Bertz CT molecular complexity index is 934. The number of amides is 3. The van der Waals surface area contributed by atoms with E-state index in [1.807, 2.05) is 30.3 Å². The van der Waals surface area contributed by atoms with Crippen LogP contribution in [0.15, 0.2) is 42.9 Å². The molecule has 0 bridgehead atoms. The van der Waals surface area contributed by atoms with E-state index in [1.54, 1.807) is 0 Å². The highest BCUT2D eigenvalue weighted by atomic mass is 16.4. The molecule has 0 saturated carbocycles. The zero-order chi connectivity index (χ0) is 24.4. The first-order valence-corrected chi connectivity index (χ1v) is 10.2. The smallest absolute Gasteiger partial charge is 0.328 e. The summed E-state index contributed by atoms with van der Waals surface area (Å²) in [5.41, 5.74) is 7.26. The molecule has 1 aromatic carbocycles. The number of hydrogen-bond acceptors (Lipinski definition) is 7. The normalized spacial score (nSPS) is 14.4. The number of aliphatic hydroxyl groups is 1. The number of nitrogens with one attached hydrogen (secondary N) is 4. The van der Waals surface area contributed by atoms with Gasteiger partial charge in [-0.3, -0.25) is 14.4 Å². The van der Waals surface area contributed by atoms with E-state index in [1.165, 1.54) is 19.4 Å². The lowest BCUT2D eigenvalue weighted by molar-refractivity contribution is -0.145. The van der Waals surface area contributed by atoms with E-state index in [0.717, 1.165) is 5.56 Å². The number of benzene rings is 1. The lowest BCUT2D eigenvalue weighted by Gasteiger charge is -2.22. The second-order valence-corrected chi connectivity index (χ2v) is 7.48. The summed E-state index contributed by atoms with van der Waals surface area (Å²) in [7, 11) is 0. The largest absolute Gasteiger partial charge is 0.480 e. The maximum Gasteiger partial charge on any atom is 0.328 e. The fraction of sp³-hybridized carbons (Fsp3) is 0.381. The summed E-state index contributed by atoms with van der Waals surface area (Å²) in [5.74, 6) is -3.47. The van der Waals surface area contributed by atoms with Crippen LogP contribution >= 0.6 is 0 Å². The van der Waals surface area contributed by atoms with Crippen LogP contribution in [0, 0.1) is 0 Å². The van der Waals surface area contributed by atoms with Gasteiger partial charge in [0.2, 0.25) is 17.7 Å². The first kappa shape index (κ1) is 25.5. The van der Waals surface area contributed by atoms with Crippen molar-refractivity contribution in [2.24, 2.45) is 5.73 Å².